The molecule has 0 aromatic rings. The fourth-order valence-electron chi connectivity index (χ4n) is 1.33. The van der Waals surface area contributed by atoms with Gasteiger partial charge in [0.15, 0.2) is 11.3 Å². The molecule has 0 amide bonds. The Kier molecular flexibility index (Phi) is 4.20. The summed E-state index contributed by atoms with van der Waals surface area (Å²) in [6.07, 6.45) is -5.50. The van der Waals surface area contributed by atoms with Crippen molar-refractivity contribution in [3.05, 3.63) is 0 Å². The zero-order chi connectivity index (χ0) is 11.6. The maximum Gasteiger partial charge on any atom is 0.168 e. The molecule has 1 rings (SSSR count). The van der Waals surface area contributed by atoms with E-state index in [1.165, 1.54) is 0 Å². The first-order chi connectivity index (χ1) is 6.97. The summed E-state index contributed by atoms with van der Waals surface area (Å²) >= 11 is 4.71. The molecule has 88 valence electrons. The number of hydrogen-bond donors (Lipinski definition) is 7. The second kappa shape index (κ2) is 5.01. The largest absolute Gasteiger partial charge is 0.394 e. The van der Waals surface area contributed by atoms with Crippen LogP contribution in [0.25, 0.3) is 0 Å². The van der Waals surface area contributed by atoms with Gasteiger partial charge in [-0.15, -0.1) is 0 Å². The van der Waals surface area contributed by atoms with Gasteiger partial charge in [-0.25, -0.2) is 0 Å². The second-order valence-electron chi connectivity index (χ2n) is 3.32. The Labute approximate surface area is 91.4 Å². The minimum absolute atomic E-state index is 0.0574. The van der Waals surface area contributed by atoms with Gasteiger partial charge in [0, 0.05) is 0 Å². The first kappa shape index (κ1) is 12.6. The maximum atomic E-state index is 9.52. The summed E-state index contributed by atoms with van der Waals surface area (Å²) in [6.45, 7) is -0.650. The van der Waals surface area contributed by atoms with Crippen molar-refractivity contribution in [2.75, 3.05) is 6.61 Å². The highest BCUT2D eigenvalue weighted by molar-refractivity contribution is 7.80. The smallest absolute Gasteiger partial charge is 0.168 e. The molecule has 1 aliphatic rings. The molecule has 0 radical (unpaired) electrons. The molecule has 2 unspecified atom stereocenters. The van der Waals surface area contributed by atoms with Crippen LogP contribution >= 0.6 is 12.2 Å². The molecule has 0 aliphatic carbocycles. The SMILES string of the molecule is OCC(O)C(O)[C@@H]1NC(=S)N[C@H](O)[C@@H]1O. The Hall–Kier alpha value is -0.510. The number of thiocarbonyl (C=S) groups is 1. The molecule has 1 fully saturated rings. The van der Waals surface area contributed by atoms with Crippen molar-refractivity contribution in [3.63, 3.8) is 0 Å². The standard InChI is InChI=1S/C7H14N2O5S/c10-1-2(11)4(12)3-5(13)6(14)9-7(15)8-3/h2-6,10-14H,1H2,(H2,8,9,15)/t2?,3-,4?,5+,6+/m0/s1. The van der Waals surface area contributed by atoms with Gasteiger partial charge in [0.2, 0.25) is 0 Å². The molecule has 1 heterocycles. The number of nitrogens with one attached hydrogen (secondary N) is 2. The van der Waals surface area contributed by atoms with E-state index >= 15 is 0 Å². The lowest BCUT2D eigenvalue weighted by Crippen LogP contribution is -2.68. The molecular weight excluding hydrogens is 224 g/mol. The lowest BCUT2D eigenvalue weighted by Gasteiger charge is -2.38. The fraction of sp³-hybridized carbons (Fsp3) is 0.857. The van der Waals surface area contributed by atoms with E-state index in [2.05, 4.69) is 10.6 Å². The molecule has 1 saturated heterocycles. The highest BCUT2D eigenvalue weighted by atomic mass is 32.1. The summed E-state index contributed by atoms with van der Waals surface area (Å²) in [4.78, 5) is 0. The number of hydrogen-bond acceptors (Lipinski definition) is 6. The van der Waals surface area contributed by atoms with Crippen molar-refractivity contribution in [2.45, 2.75) is 30.6 Å². The summed E-state index contributed by atoms with van der Waals surface area (Å²) in [5.74, 6) is 0. The zero-order valence-electron chi connectivity index (χ0n) is 7.74. The minimum Gasteiger partial charge on any atom is -0.394 e. The van der Waals surface area contributed by atoms with Gasteiger partial charge < -0.3 is 36.2 Å². The summed E-state index contributed by atoms with van der Waals surface area (Å²) < 4.78 is 0. The average Bonchev–Trinajstić information content (AvgIpc) is 2.21. The van der Waals surface area contributed by atoms with Crippen molar-refractivity contribution in [3.8, 4) is 0 Å². The summed E-state index contributed by atoms with van der Waals surface area (Å²) in [6, 6.07) is -1.03. The first-order valence-corrected chi connectivity index (χ1v) is 4.78. The van der Waals surface area contributed by atoms with Crippen LogP contribution in [0.15, 0.2) is 0 Å². The van der Waals surface area contributed by atoms with E-state index in [0.717, 1.165) is 0 Å². The highest BCUT2D eigenvalue weighted by Gasteiger charge is 2.39. The predicted octanol–water partition coefficient (Wildman–Crippen LogP) is -3.77. The normalized spacial score (nSPS) is 35.3. The van der Waals surface area contributed by atoms with Gasteiger partial charge in [-0.05, 0) is 12.2 Å². The van der Waals surface area contributed by atoms with Crippen molar-refractivity contribution < 1.29 is 25.5 Å². The van der Waals surface area contributed by atoms with Crippen molar-refractivity contribution in [1.82, 2.24) is 10.6 Å². The van der Waals surface area contributed by atoms with E-state index in [1.54, 1.807) is 0 Å². The molecule has 7 nitrogen and oxygen atoms in total. The maximum absolute atomic E-state index is 9.52. The van der Waals surface area contributed by atoms with Crippen molar-refractivity contribution >= 4 is 17.3 Å². The zero-order valence-corrected chi connectivity index (χ0v) is 8.55. The van der Waals surface area contributed by atoms with Gasteiger partial charge in [-0.2, -0.15) is 0 Å². The summed E-state index contributed by atoms with van der Waals surface area (Å²) in [5, 5.41) is 51.0. The summed E-state index contributed by atoms with van der Waals surface area (Å²) in [7, 11) is 0. The molecular formula is C7H14N2O5S. The number of aliphatic hydroxyl groups excluding tert-OH is 5. The fourth-order valence-corrected chi connectivity index (χ4v) is 1.59. The Bertz CT molecular complexity index is 241. The molecule has 0 aromatic heterocycles. The molecule has 5 atom stereocenters. The monoisotopic (exact) mass is 238 g/mol. The second-order valence-corrected chi connectivity index (χ2v) is 3.73. The molecule has 1 aliphatic heterocycles. The lowest BCUT2D eigenvalue weighted by atomic mass is 9.98. The summed E-state index contributed by atoms with van der Waals surface area (Å²) in [5.41, 5.74) is 0. The predicted molar refractivity (Wildman–Crippen MR) is 53.8 cm³/mol. The van der Waals surface area contributed by atoms with Crippen LogP contribution in [-0.4, -0.2) is 67.8 Å². The van der Waals surface area contributed by atoms with Crippen LogP contribution in [0.5, 0.6) is 0 Å². The third-order valence-electron chi connectivity index (χ3n) is 2.22. The van der Waals surface area contributed by atoms with Crippen LogP contribution in [0.4, 0.5) is 0 Å². The Balaban J connectivity index is 2.70. The van der Waals surface area contributed by atoms with Gasteiger partial charge in [-0.1, -0.05) is 0 Å². The first-order valence-electron chi connectivity index (χ1n) is 4.37. The molecule has 0 aromatic carbocycles. The van der Waals surface area contributed by atoms with Gasteiger partial charge in [-0.3, -0.25) is 0 Å². The quantitative estimate of drug-likeness (QED) is 0.250. The van der Waals surface area contributed by atoms with Crippen LogP contribution in [0.2, 0.25) is 0 Å². The van der Waals surface area contributed by atoms with Crippen LogP contribution in [0.3, 0.4) is 0 Å². The molecule has 15 heavy (non-hydrogen) atoms. The lowest BCUT2D eigenvalue weighted by molar-refractivity contribution is -0.0895. The molecule has 0 bridgehead atoms. The van der Waals surface area contributed by atoms with Crippen LogP contribution in [0, 0.1) is 0 Å². The average molecular weight is 238 g/mol. The number of rotatable bonds is 3. The van der Waals surface area contributed by atoms with E-state index in [9.17, 15) is 20.4 Å². The van der Waals surface area contributed by atoms with E-state index in [4.69, 9.17) is 17.3 Å². The van der Waals surface area contributed by atoms with Gasteiger partial charge >= 0.3 is 0 Å². The third-order valence-corrected chi connectivity index (χ3v) is 2.45. The van der Waals surface area contributed by atoms with E-state index < -0.39 is 37.2 Å². The van der Waals surface area contributed by atoms with E-state index in [-0.39, 0.29) is 5.11 Å². The Morgan fingerprint density at radius 2 is 1.87 bits per heavy atom. The van der Waals surface area contributed by atoms with Crippen LogP contribution < -0.4 is 10.6 Å². The Morgan fingerprint density at radius 3 is 2.40 bits per heavy atom. The van der Waals surface area contributed by atoms with Gasteiger partial charge in [0.1, 0.15) is 18.3 Å². The minimum atomic E-state index is -1.43. The molecule has 0 spiro atoms. The van der Waals surface area contributed by atoms with E-state index in [1.807, 2.05) is 0 Å². The van der Waals surface area contributed by atoms with E-state index in [0.29, 0.717) is 0 Å². The Morgan fingerprint density at radius 1 is 1.27 bits per heavy atom. The number of aliphatic hydroxyl groups is 5. The topological polar surface area (TPSA) is 125 Å². The third kappa shape index (κ3) is 2.74. The van der Waals surface area contributed by atoms with Crippen molar-refractivity contribution in [1.29, 1.82) is 0 Å². The molecule has 8 heteroatoms. The van der Waals surface area contributed by atoms with Gasteiger partial charge in [0.05, 0.1) is 12.6 Å². The van der Waals surface area contributed by atoms with Crippen LogP contribution in [0.1, 0.15) is 0 Å². The van der Waals surface area contributed by atoms with Gasteiger partial charge in [0.25, 0.3) is 0 Å². The molecule has 0 saturated carbocycles. The highest BCUT2D eigenvalue weighted by Crippen LogP contribution is 2.10. The van der Waals surface area contributed by atoms with Crippen LogP contribution in [-0.2, 0) is 0 Å². The van der Waals surface area contributed by atoms with Crippen molar-refractivity contribution in [2.24, 2.45) is 0 Å². The molecule has 7 N–H and O–H groups in total.